The molecule has 0 spiro atoms. The van der Waals surface area contributed by atoms with Crippen LogP contribution in [-0.4, -0.2) is 49.2 Å². The molecule has 0 saturated carbocycles. The fraction of sp³-hybridized carbons (Fsp3) is 0.929. The lowest BCUT2D eigenvalue weighted by atomic mass is 10.0. The van der Waals surface area contributed by atoms with E-state index in [1.54, 1.807) is 0 Å². The number of morpholine rings is 1. The molecular formula is C14H28N2O2. The summed E-state index contributed by atoms with van der Waals surface area (Å²) in [6.07, 6.45) is 3.96. The van der Waals surface area contributed by atoms with Crippen molar-refractivity contribution in [3.8, 4) is 0 Å². The van der Waals surface area contributed by atoms with Crippen molar-refractivity contribution in [3.63, 3.8) is 0 Å². The summed E-state index contributed by atoms with van der Waals surface area (Å²) < 4.78 is 5.36. The first kappa shape index (κ1) is 15.4. The average Bonchev–Trinajstić information content (AvgIpc) is 2.38. The fourth-order valence-electron chi connectivity index (χ4n) is 2.22. The predicted octanol–water partition coefficient (Wildman–Crippen LogP) is 1.79. The molecule has 0 bridgehead atoms. The van der Waals surface area contributed by atoms with Gasteiger partial charge in [-0.1, -0.05) is 19.8 Å². The third-order valence-corrected chi connectivity index (χ3v) is 3.59. The SMILES string of the molecule is CCCCCC(=O)NCC(C)(C)N1CCOCC1. The summed E-state index contributed by atoms with van der Waals surface area (Å²) in [7, 11) is 0. The predicted molar refractivity (Wildman–Crippen MR) is 73.6 cm³/mol. The zero-order valence-electron chi connectivity index (χ0n) is 12.1. The summed E-state index contributed by atoms with van der Waals surface area (Å²) in [6.45, 7) is 10.8. The number of carbonyl (C=O) groups is 1. The van der Waals surface area contributed by atoms with Crippen LogP contribution in [-0.2, 0) is 9.53 Å². The van der Waals surface area contributed by atoms with Gasteiger partial charge in [-0.05, 0) is 20.3 Å². The molecule has 18 heavy (non-hydrogen) atoms. The molecule has 106 valence electrons. The lowest BCUT2D eigenvalue weighted by Gasteiger charge is -2.40. The molecule has 0 aromatic carbocycles. The molecule has 0 unspecified atom stereocenters. The Morgan fingerprint density at radius 1 is 1.28 bits per heavy atom. The van der Waals surface area contributed by atoms with Gasteiger partial charge in [0.1, 0.15) is 0 Å². The van der Waals surface area contributed by atoms with E-state index in [-0.39, 0.29) is 11.4 Å². The molecule has 0 aliphatic carbocycles. The van der Waals surface area contributed by atoms with E-state index >= 15 is 0 Å². The van der Waals surface area contributed by atoms with Gasteiger partial charge in [-0.3, -0.25) is 9.69 Å². The van der Waals surface area contributed by atoms with Gasteiger partial charge in [-0.2, -0.15) is 0 Å². The Morgan fingerprint density at radius 3 is 2.56 bits per heavy atom. The van der Waals surface area contributed by atoms with Crippen molar-refractivity contribution in [3.05, 3.63) is 0 Å². The van der Waals surface area contributed by atoms with E-state index in [2.05, 4.69) is 31.0 Å². The van der Waals surface area contributed by atoms with Gasteiger partial charge >= 0.3 is 0 Å². The molecule has 1 aliphatic heterocycles. The second-order valence-electron chi connectivity index (χ2n) is 5.65. The van der Waals surface area contributed by atoms with Crippen molar-refractivity contribution in [2.75, 3.05) is 32.8 Å². The van der Waals surface area contributed by atoms with Crippen molar-refractivity contribution in [2.45, 2.75) is 52.0 Å². The number of nitrogens with zero attached hydrogens (tertiary/aromatic N) is 1. The Kier molecular flexibility index (Phi) is 6.65. The van der Waals surface area contributed by atoms with Crippen LogP contribution in [0.15, 0.2) is 0 Å². The number of hydrogen-bond acceptors (Lipinski definition) is 3. The molecule has 1 heterocycles. The van der Waals surface area contributed by atoms with Crippen molar-refractivity contribution in [2.24, 2.45) is 0 Å². The minimum absolute atomic E-state index is 0.0181. The Bertz CT molecular complexity index is 248. The lowest BCUT2D eigenvalue weighted by Crippen LogP contribution is -2.55. The highest BCUT2D eigenvalue weighted by Crippen LogP contribution is 2.15. The van der Waals surface area contributed by atoms with Gasteiger partial charge in [0.05, 0.1) is 13.2 Å². The lowest BCUT2D eigenvalue weighted by molar-refractivity contribution is -0.122. The second kappa shape index (κ2) is 7.74. The van der Waals surface area contributed by atoms with E-state index in [0.717, 1.165) is 52.1 Å². The van der Waals surface area contributed by atoms with Crippen LogP contribution in [0.25, 0.3) is 0 Å². The van der Waals surface area contributed by atoms with Crippen LogP contribution >= 0.6 is 0 Å². The zero-order valence-corrected chi connectivity index (χ0v) is 12.1. The van der Waals surface area contributed by atoms with Crippen LogP contribution in [0.2, 0.25) is 0 Å². The smallest absolute Gasteiger partial charge is 0.220 e. The third kappa shape index (κ3) is 5.36. The maximum Gasteiger partial charge on any atom is 0.220 e. The molecule has 1 rings (SSSR count). The minimum atomic E-state index is 0.0181. The first-order valence-corrected chi connectivity index (χ1v) is 7.16. The van der Waals surface area contributed by atoms with Gasteiger partial charge in [0, 0.05) is 31.6 Å². The number of ether oxygens (including phenoxy) is 1. The van der Waals surface area contributed by atoms with Crippen molar-refractivity contribution in [1.29, 1.82) is 0 Å². The van der Waals surface area contributed by atoms with Gasteiger partial charge in [-0.15, -0.1) is 0 Å². The highest BCUT2D eigenvalue weighted by Gasteiger charge is 2.28. The Hall–Kier alpha value is -0.610. The molecule has 0 aromatic heterocycles. The van der Waals surface area contributed by atoms with Crippen LogP contribution in [0.3, 0.4) is 0 Å². The summed E-state index contributed by atoms with van der Waals surface area (Å²) in [5, 5.41) is 3.06. The summed E-state index contributed by atoms with van der Waals surface area (Å²) in [5.74, 6) is 0.185. The summed E-state index contributed by atoms with van der Waals surface area (Å²) in [6, 6.07) is 0. The molecule has 4 nitrogen and oxygen atoms in total. The van der Waals surface area contributed by atoms with Gasteiger partial charge < -0.3 is 10.1 Å². The van der Waals surface area contributed by atoms with E-state index in [9.17, 15) is 4.79 Å². The third-order valence-electron chi connectivity index (χ3n) is 3.59. The van der Waals surface area contributed by atoms with E-state index < -0.39 is 0 Å². The van der Waals surface area contributed by atoms with Crippen molar-refractivity contribution < 1.29 is 9.53 Å². The molecule has 1 aliphatic rings. The molecule has 0 aromatic rings. The average molecular weight is 256 g/mol. The maximum absolute atomic E-state index is 11.7. The van der Waals surface area contributed by atoms with Crippen LogP contribution in [0, 0.1) is 0 Å². The number of amides is 1. The standard InChI is InChI=1S/C14H28N2O2/c1-4-5-6-7-13(17)15-12-14(2,3)16-8-10-18-11-9-16/h4-12H2,1-3H3,(H,15,17). The minimum Gasteiger partial charge on any atom is -0.379 e. The summed E-state index contributed by atoms with van der Waals surface area (Å²) in [5.41, 5.74) is 0.0181. The summed E-state index contributed by atoms with van der Waals surface area (Å²) >= 11 is 0. The molecule has 1 amide bonds. The largest absolute Gasteiger partial charge is 0.379 e. The van der Waals surface area contributed by atoms with Crippen LogP contribution in [0.1, 0.15) is 46.5 Å². The molecule has 0 atom stereocenters. The monoisotopic (exact) mass is 256 g/mol. The van der Waals surface area contributed by atoms with E-state index in [1.165, 1.54) is 0 Å². The van der Waals surface area contributed by atoms with Gasteiger partial charge in [0.2, 0.25) is 5.91 Å². The molecule has 0 radical (unpaired) electrons. The van der Waals surface area contributed by atoms with Crippen molar-refractivity contribution in [1.82, 2.24) is 10.2 Å². The number of rotatable bonds is 7. The topological polar surface area (TPSA) is 41.6 Å². The Labute approximate surface area is 111 Å². The number of unbranched alkanes of at least 4 members (excludes halogenated alkanes) is 2. The first-order valence-electron chi connectivity index (χ1n) is 7.16. The van der Waals surface area contributed by atoms with Gasteiger partial charge in [0.15, 0.2) is 0 Å². The van der Waals surface area contributed by atoms with Crippen LogP contribution in [0.5, 0.6) is 0 Å². The van der Waals surface area contributed by atoms with E-state index in [4.69, 9.17) is 4.74 Å². The van der Waals surface area contributed by atoms with Crippen molar-refractivity contribution >= 4 is 5.91 Å². The first-order chi connectivity index (χ1) is 8.56. The van der Waals surface area contributed by atoms with E-state index in [0.29, 0.717) is 6.42 Å². The highest BCUT2D eigenvalue weighted by atomic mass is 16.5. The quantitative estimate of drug-likeness (QED) is 0.706. The Balaban J connectivity index is 2.24. The van der Waals surface area contributed by atoms with Crippen LogP contribution in [0.4, 0.5) is 0 Å². The zero-order chi connectivity index (χ0) is 13.4. The molecule has 4 heteroatoms. The second-order valence-corrected chi connectivity index (χ2v) is 5.65. The summed E-state index contributed by atoms with van der Waals surface area (Å²) in [4.78, 5) is 14.1. The van der Waals surface area contributed by atoms with E-state index in [1.807, 2.05) is 0 Å². The number of hydrogen-bond donors (Lipinski definition) is 1. The van der Waals surface area contributed by atoms with Gasteiger partial charge in [0.25, 0.3) is 0 Å². The Morgan fingerprint density at radius 2 is 1.94 bits per heavy atom. The normalized spacial score (nSPS) is 17.7. The molecular weight excluding hydrogens is 228 g/mol. The van der Waals surface area contributed by atoms with Crippen LogP contribution < -0.4 is 5.32 Å². The highest BCUT2D eigenvalue weighted by molar-refractivity contribution is 5.75. The molecule has 1 N–H and O–H groups in total. The maximum atomic E-state index is 11.7. The number of carbonyl (C=O) groups excluding carboxylic acids is 1. The molecule has 1 fully saturated rings. The van der Waals surface area contributed by atoms with Gasteiger partial charge in [-0.25, -0.2) is 0 Å². The molecule has 1 saturated heterocycles. The fourth-order valence-corrected chi connectivity index (χ4v) is 2.22. The number of nitrogens with one attached hydrogen (secondary N) is 1.